The molecule has 3 unspecified atom stereocenters. The molecule has 0 radical (unpaired) electrons. The van der Waals surface area contributed by atoms with E-state index in [1.807, 2.05) is 13.8 Å². The fourth-order valence-electron chi connectivity index (χ4n) is 2.02. The zero-order valence-corrected chi connectivity index (χ0v) is 8.25. The summed E-state index contributed by atoms with van der Waals surface area (Å²) in [7, 11) is 0. The van der Waals surface area contributed by atoms with E-state index < -0.39 is 30.2 Å². The minimum Gasteiger partial charge on any atom is -0.394 e. The average Bonchev–Trinajstić information content (AvgIpc) is 2.87. The highest BCUT2D eigenvalue weighted by atomic mass is 16.8. The Morgan fingerprint density at radius 1 is 1.21 bits per heavy atom. The summed E-state index contributed by atoms with van der Waals surface area (Å²) in [6.07, 6.45) is -3.26. The lowest BCUT2D eigenvalue weighted by atomic mass is 9.92. The molecular formula is C9H16O5. The van der Waals surface area contributed by atoms with Crippen molar-refractivity contribution >= 4 is 0 Å². The van der Waals surface area contributed by atoms with Crippen LogP contribution < -0.4 is 0 Å². The molecule has 0 aromatic rings. The Balaban J connectivity index is 2.15. The zero-order valence-electron chi connectivity index (χ0n) is 8.25. The lowest BCUT2D eigenvalue weighted by Gasteiger charge is -2.34. The smallest absolute Gasteiger partial charge is 0.201 e. The van der Waals surface area contributed by atoms with Crippen LogP contribution in [-0.2, 0) is 9.47 Å². The van der Waals surface area contributed by atoms with Gasteiger partial charge in [-0.2, -0.15) is 0 Å². The summed E-state index contributed by atoms with van der Waals surface area (Å²) in [5, 5.41) is 28.1. The van der Waals surface area contributed by atoms with Crippen molar-refractivity contribution in [3.8, 4) is 0 Å². The van der Waals surface area contributed by atoms with E-state index in [-0.39, 0.29) is 12.5 Å². The van der Waals surface area contributed by atoms with Crippen molar-refractivity contribution < 1.29 is 24.8 Å². The van der Waals surface area contributed by atoms with Gasteiger partial charge in [-0.25, -0.2) is 0 Å². The minimum absolute atomic E-state index is 0.0868. The summed E-state index contributed by atoms with van der Waals surface area (Å²) in [6, 6.07) is 0. The molecule has 2 aliphatic heterocycles. The standard InChI is InChI=1S/C9H16O5/c1-4(2)9-8(14-9)7(12)6(11)5(3-10)13-9/h4-8,10-12H,3H2,1-2H3/t5?,6-,7?,8?,9+/m0/s1. The Morgan fingerprint density at radius 3 is 2.36 bits per heavy atom. The first kappa shape index (κ1) is 10.3. The van der Waals surface area contributed by atoms with E-state index in [2.05, 4.69) is 0 Å². The van der Waals surface area contributed by atoms with Crippen LogP contribution in [0, 0.1) is 5.92 Å². The summed E-state index contributed by atoms with van der Waals surface area (Å²) in [6.45, 7) is 3.51. The molecular weight excluding hydrogens is 188 g/mol. The van der Waals surface area contributed by atoms with Gasteiger partial charge in [0, 0.05) is 5.92 Å². The van der Waals surface area contributed by atoms with E-state index >= 15 is 0 Å². The Morgan fingerprint density at radius 2 is 1.86 bits per heavy atom. The zero-order chi connectivity index (χ0) is 10.5. The monoisotopic (exact) mass is 204 g/mol. The first-order valence-electron chi connectivity index (χ1n) is 4.85. The van der Waals surface area contributed by atoms with Crippen molar-refractivity contribution in [2.45, 2.75) is 44.1 Å². The second-order valence-corrected chi connectivity index (χ2v) is 4.23. The van der Waals surface area contributed by atoms with Crippen molar-refractivity contribution in [1.29, 1.82) is 0 Å². The molecule has 0 aliphatic carbocycles. The highest BCUT2D eigenvalue weighted by Gasteiger charge is 2.69. The van der Waals surface area contributed by atoms with Gasteiger partial charge >= 0.3 is 0 Å². The number of fused-ring (bicyclic) bond motifs is 1. The van der Waals surface area contributed by atoms with E-state index in [1.54, 1.807) is 0 Å². The molecule has 2 fully saturated rings. The van der Waals surface area contributed by atoms with Gasteiger partial charge < -0.3 is 24.8 Å². The highest BCUT2D eigenvalue weighted by molar-refractivity contribution is 5.08. The molecule has 2 aliphatic rings. The van der Waals surface area contributed by atoms with Crippen LogP contribution in [0.3, 0.4) is 0 Å². The highest BCUT2D eigenvalue weighted by Crippen LogP contribution is 2.50. The molecule has 0 aromatic heterocycles. The third-order valence-electron chi connectivity index (χ3n) is 3.01. The fourth-order valence-corrected chi connectivity index (χ4v) is 2.02. The van der Waals surface area contributed by atoms with Crippen LogP contribution >= 0.6 is 0 Å². The summed E-state index contributed by atoms with van der Waals surface area (Å²) in [5.41, 5.74) is 0. The number of epoxide rings is 1. The molecule has 2 rings (SSSR count). The molecule has 5 atom stereocenters. The predicted molar refractivity (Wildman–Crippen MR) is 46.4 cm³/mol. The number of hydrogen-bond acceptors (Lipinski definition) is 5. The summed E-state index contributed by atoms with van der Waals surface area (Å²) in [5.74, 6) is -0.713. The Bertz CT molecular complexity index is 231. The van der Waals surface area contributed by atoms with E-state index in [0.29, 0.717) is 0 Å². The maximum atomic E-state index is 9.64. The molecule has 2 saturated heterocycles. The fraction of sp³-hybridized carbons (Fsp3) is 1.00. The molecule has 82 valence electrons. The van der Waals surface area contributed by atoms with Crippen LogP contribution in [0.2, 0.25) is 0 Å². The van der Waals surface area contributed by atoms with E-state index in [4.69, 9.17) is 14.6 Å². The Kier molecular flexibility index (Phi) is 2.32. The molecule has 2 heterocycles. The molecule has 14 heavy (non-hydrogen) atoms. The van der Waals surface area contributed by atoms with Gasteiger partial charge in [0.25, 0.3) is 0 Å². The van der Waals surface area contributed by atoms with Crippen LogP contribution in [0.25, 0.3) is 0 Å². The van der Waals surface area contributed by atoms with Gasteiger partial charge in [-0.3, -0.25) is 0 Å². The van der Waals surface area contributed by atoms with Crippen LogP contribution in [-0.4, -0.2) is 52.1 Å². The van der Waals surface area contributed by atoms with Crippen LogP contribution in [0.1, 0.15) is 13.8 Å². The molecule has 0 aromatic carbocycles. The lowest BCUT2D eigenvalue weighted by Crippen LogP contribution is -2.54. The molecule has 0 amide bonds. The average molecular weight is 204 g/mol. The van der Waals surface area contributed by atoms with Gasteiger partial charge in [0.2, 0.25) is 5.79 Å². The van der Waals surface area contributed by atoms with Crippen LogP contribution in [0.4, 0.5) is 0 Å². The van der Waals surface area contributed by atoms with E-state index in [9.17, 15) is 10.2 Å². The second-order valence-electron chi connectivity index (χ2n) is 4.23. The third kappa shape index (κ3) is 1.20. The topological polar surface area (TPSA) is 82.5 Å². The van der Waals surface area contributed by atoms with Gasteiger partial charge in [0.05, 0.1) is 6.61 Å². The first-order chi connectivity index (χ1) is 6.53. The number of aliphatic hydroxyl groups excluding tert-OH is 3. The first-order valence-corrected chi connectivity index (χ1v) is 4.85. The number of hydrogen-bond donors (Lipinski definition) is 3. The summed E-state index contributed by atoms with van der Waals surface area (Å²) >= 11 is 0. The van der Waals surface area contributed by atoms with Gasteiger partial charge in [-0.05, 0) is 0 Å². The maximum absolute atomic E-state index is 9.64. The Labute approximate surface area is 82.3 Å². The van der Waals surface area contributed by atoms with Crippen molar-refractivity contribution in [1.82, 2.24) is 0 Å². The van der Waals surface area contributed by atoms with Crippen LogP contribution in [0.15, 0.2) is 0 Å². The molecule has 0 spiro atoms. The van der Waals surface area contributed by atoms with Gasteiger partial charge in [0.1, 0.15) is 24.4 Å². The van der Waals surface area contributed by atoms with Crippen molar-refractivity contribution in [2.75, 3.05) is 6.61 Å². The van der Waals surface area contributed by atoms with Gasteiger partial charge in [-0.15, -0.1) is 0 Å². The van der Waals surface area contributed by atoms with E-state index in [0.717, 1.165) is 0 Å². The number of rotatable bonds is 2. The maximum Gasteiger partial charge on any atom is 0.201 e. The second kappa shape index (κ2) is 3.15. The Hall–Kier alpha value is -0.200. The SMILES string of the molecule is CC(C)[C@]12OC(CO)[C@H](O)C(O)C1O2. The van der Waals surface area contributed by atoms with Crippen LogP contribution in [0.5, 0.6) is 0 Å². The molecule has 3 N–H and O–H groups in total. The normalized spacial score (nSPS) is 51.9. The molecule has 0 bridgehead atoms. The largest absolute Gasteiger partial charge is 0.394 e. The lowest BCUT2D eigenvalue weighted by molar-refractivity contribution is -0.197. The molecule has 0 saturated carbocycles. The quantitative estimate of drug-likeness (QED) is 0.495. The van der Waals surface area contributed by atoms with Gasteiger partial charge in [0.15, 0.2) is 0 Å². The minimum atomic E-state index is -1.07. The third-order valence-corrected chi connectivity index (χ3v) is 3.01. The number of ether oxygens (including phenoxy) is 2. The van der Waals surface area contributed by atoms with E-state index in [1.165, 1.54) is 0 Å². The molecule has 5 heteroatoms. The number of aliphatic hydroxyl groups is 3. The van der Waals surface area contributed by atoms with Gasteiger partial charge in [-0.1, -0.05) is 13.8 Å². The molecule has 5 nitrogen and oxygen atoms in total. The predicted octanol–water partition coefficient (Wildman–Crippen LogP) is -1.15. The summed E-state index contributed by atoms with van der Waals surface area (Å²) in [4.78, 5) is 0. The van der Waals surface area contributed by atoms with Crippen molar-refractivity contribution in [3.05, 3.63) is 0 Å². The van der Waals surface area contributed by atoms with Crippen molar-refractivity contribution in [3.63, 3.8) is 0 Å². The van der Waals surface area contributed by atoms with Crippen molar-refractivity contribution in [2.24, 2.45) is 5.92 Å². The summed E-state index contributed by atoms with van der Waals surface area (Å²) < 4.78 is 10.8.